The second-order valence-electron chi connectivity index (χ2n) is 12.2. The minimum atomic E-state index is -3.34. The summed E-state index contributed by atoms with van der Waals surface area (Å²) in [5, 5.41) is 2.19. The predicted octanol–water partition coefficient (Wildman–Crippen LogP) is 8.75. The summed E-state index contributed by atoms with van der Waals surface area (Å²) < 4.78 is 15.7. The monoisotopic (exact) mass is 676 g/mol. The van der Waals surface area contributed by atoms with Crippen molar-refractivity contribution >= 4 is 40.1 Å². The summed E-state index contributed by atoms with van der Waals surface area (Å²) in [5.41, 5.74) is 6.85. The van der Waals surface area contributed by atoms with Gasteiger partial charge in [-0.15, -0.1) is 0 Å². The number of anilines is 3. The molecule has 7 nitrogen and oxygen atoms in total. The van der Waals surface area contributed by atoms with Gasteiger partial charge in [-0.05, 0) is 42.5 Å². The highest BCUT2D eigenvalue weighted by Gasteiger charge is 2.41. The maximum atomic E-state index is 15.7. The lowest BCUT2D eigenvalue weighted by Crippen LogP contribution is -2.36. The second kappa shape index (κ2) is 12.7. The molecule has 0 spiro atoms. The SMILES string of the molecule is O=P1(c2ccccc2)c2cnccc2N(c2ccccc2)c2ccc(-c3ccc(-c4nc(-c5ccccc5)nc(-c5ccccc5)n4)cn3)cc21. The lowest BCUT2D eigenvalue weighted by atomic mass is 10.1. The predicted molar refractivity (Wildman–Crippen MR) is 205 cm³/mol. The molecule has 0 aliphatic carbocycles. The molecule has 0 radical (unpaired) electrons. The van der Waals surface area contributed by atoms with Gasteiger partial charge in [0.1, 0.15) is 0 Å². The van der Waals surface area contributed by atoms with Crippen LogP contribution in [-0.4, -0.2) is 24.9 Å². The third-order valence-electron chi connectivity index (χ3n) is 9.06. The van der Waals surface area contributed by atoms with E-state index in [-0.39, 0.29) is 0 Å². The quantitative estimate of drug-likeness (QED) is 0.163. The average Bonchev–Trinajstić information content (AvgIpc) is 3.22. The lowest BCUT2D eigenvalue weighted by Gasteiger charge is -2.37. The van der Waals surface area contributed by atoms with Crippen LogP contribution in [0.25, 0.3) is 45.4 Å². The van der Waals surface area contributed by atoms with Gasteiger partial charge in [0.15, 0.2) is 24.6 Å². The van der Waals surface area contributed by atoms with Crippen LogP contribution in [-0.2, 0) is 4.57 Å². The van der Waals surface area contributed by atoms with Crippen LogP contribution in [0.15, 0.2) is 176 Å². The topological polar surface area (TPSA) is 84.8 Å². The average molecular weight is 677 g/mol. The van der Waals surface area contributed by atoms with Gasteiger partial charge < -0.3 is 9.46 Å². The molecule has 0 bridgehead atoms. The molecular weight excluding hydrogens is 647 g/mol. The molecule has 0 amide bonds. The van der Waals surface area contributed by atoms with Gasteiger partial charge in [-0.3, -0.25) is 9.97 Å². The van der Waals surface area contributed by atoms with Crippen molar-refractivity contribution in [3.63, 3.8) is 0 Å². The summed E-state index contributed by atoms with van der Waals surface area (Å²) in [5.74, 6) is 1.71. The Morgan fingerprint density at radius 2 is 1.02 bits per heavy atom. The number of para-hydroxylation sites is 1. The molecule has 0 saturated heterocycles. The van der Waals surface area contributed by atoms with Gasteiger partial charge in [0, 0.05) is 57.1 Å². The van der Waals surface area contributed by atoms with E-state index in [1.165, 1.54) is 0 Å². The van der Waals surface area contributed by atoms with E-state index in [1.807, 2.05) is 140 Å². The van der Waals surface area contributed by atoms with Crippen LogP contribution < -0.4 is 20.8 Å². The Morgan fingerprint density at radius 3 is 1.63 bits per heavy atom. The summed E-state index contributed by atoms with van der Waals surface area (Å²) in [6.07, 6.45) is 5.30. The Balaban J connectivity index is 1.17. The fourth-order valence-electron chi connectivity index (χ4n) is 6.60. The second-order valence-corrected chi connectivity index (χ2v) is 14.9. The van der Waals surface area contributed by atoms with Crippen LogP contribution >= 0.6 is 7.14 Å². The van der Waals surface area contributed by atoms with E-state index in [4.69, 9.17) is 19.9 Å². The minimum absolute atomic E-state index is 0.531. The molecule has 1 aliphatic heterocycles. The maximum Gasteiger partial charge on any atom is 0.176 e. The van der Waals surface area contributed by atoms with Crippen molar-refractivity contribution < 1.29 is 4.57 Å². The molecule has 5 aromatic carbocycles. The van der Waals surface area contributed by atoms with Gasteiger partial charge in [-0.25, -0.2) is 15.0 Å². The van der Waals surface area contributed by atoms with Crippen molar-refractivity contribution in [3.05, 3.63) is 176 Å². The van der Waals surface area contributed by atoms with Crippen molar-refractivity contribution in [3.8, 4) is 45.4 Å². The van der Waals surface area contributed by atoms with Crippen molar-refractivity contribution in [1.29, 1.82) is 0 Å². The number of fused-ring (bicyclic) bond motifs is 2. The Kier molecular flexibility index (Phi) is 7.60. The van der Waals surface area contributed by atoms with Gasteiger partial charge in [0.05, 0.1) is 22.4 Å². The fraction of sp³-hybridized carbons (Fsp3) is 0. The summed E-state index contributed by atoms with van der Waals surface area (Å²) >= 11 is 0. The first-order valence-corrected chi connectivity index (χ1v) is 18.3. The lowest BCUT2D eigenvalue weighted by molar-refractivity contribution is 0.592. The summed E-state index contributed by atoms with van der Waals surface area (Å²) in [7, 11) is -3.34. The van der Waals surface area contributed by atoms with Gasteiger partial charge in [0.2, 0.25) is 0 Å². The summed E-state index contributed by atoms with van der Waals surface area (Å²) in [6, 6.07) is 51.7. The number of aromatic nitrogens is 5. The molecular formula is C43H29N6OP. The largest absolute Gasteiger partial charge is 0.309 e. The zero-order chi connectivity index (χ0) is 34.2. The van der Waals surface area contributed by atoms with E-state index in [1.54, 1.807) is 18.6 Å². The van der Waals surface area contributed by atoms with Gasteiger partial charge in [-0.2, -0.15) is 0 Å². The van der Waals surface area contributed by atoms with E-state index in [2.05, 4.69) is 28.1 Å². The molecule has 242 valence electrons. The number of hydrogen-bond acceptors (Lipinski definition) is 7. The molecule has 0 fully saturated rings. The van der Waals surface area contributed by atoms with Crippen molar-refractivity contribution in [2.24, 2.45) is 0 Å². The van der Waals surface area contributed by atoms with Gasteiger partial charge in [0.25, 0.3) is 0 Å². The van der Waals surface area contributed by atoms with Gasteiger partial charge in [-0.1, -0.05) is 115 Å². The number of rotatable bonds is 6. The highest BCUT2D eigenvalue weighted by Crippen LogP contribution is 2.54. The summed E-state index contributed by atoms with van der Waals surface area (Å²) in [6.45, 7) is 0. The Hall–Kier alpha value is -6.56. The molecule has 1 atom stereocenters. The molecule has 1 aliphatic rings. The molecule has 0 saturated carbocycles. The highest BCUT2D eigenvalue weighted by atomic mass is 31.2. The third-order valence-corrected chi connectivity index (χ3v) is 12.1. The molecule has 8 heteroatoms. The fourth-order valence-corrected chi connectivity index (χ4v) is 9.55. The summed E-state index contributed by atoms with van der Waals surface area (Å²) in [4.78, 5) is 26.1. The molecule has 0 N–H and O–H groups in total. The minimum Gasteiger partial charge on any atom is -0.309 e. The van der Waals surface area contributed by atoms with E-state index in [0.717, 1.165) is 55.6 Å². The van der Waals surface area contributed by atoms with E-state index in [9.17, 15) is 0 Å². The number of hydrogen-bond donors (Lipinski definition) is 0. The first-order chi connectivity index (χ1) is 25.2. The Bertz CT molecular complexity index is 2490. The van der Waals surface area contributed by atoms with Crippen LogP contribution in [0.5, 0.6) is 0 Å². The van der Waals surface area contributed by atoms with E-state index >= 15 is 4.57 Å². The van der Waals surface area contributed by atoms with Crippen LogP contribution in [0.2, 0.25) is 0 Å². The number of benzene rings is 5. The Labute approximate surface area is 295 Å². The maximum absolute atomic E-state index is 15.7. The molecule has 8 aromatic rings. The van der Waals surface area contributed by atoms with Crippen LogP contribution in [0.4, 0.5) is 17.1 Å². The molecule has 1 unspecified atom stereocenters. The zero-order valence-corrected chi connectivity index (χ0v) is 28.2. The Morgan fingerprint density at radius 1 is 0.471 bits per heavy atom. The smallest absolute Gasteiger partial charge is 0.176 e. The van der Waals surface area contributed by atoms with Crippen LogP contribution in [0.3, 0.4) is 0 Å². The zero-order valence-electron chi connectivity index (χ0n) is 27.3. The first kappa shape index (κ1) is 30.5. The normalized spacial score (nSPS) is 14.8. The molecule has 4 heterocycles. The van der Waals surface area contributed by atoms with Crippen molar-refractivity contribution in [2.75, 3.05) is 4.90 Å². The van der Waals surface area contributed by atoms with Crippen LogP contribution in [0.1, 0.15) is 0 Å². The van der Waals surface area contributed by atoms with Crippen molar-refractivity contribution in [1.82, 2.24) is 24.9 Å². The van der Waals surface area contributed by atoms with Crippen molar-refractivity contribution in [2.45, 2.75) is 0 Å². The van der Waals surface area contributed by atoms with E-state index in [0.29, 0.717) is 22.8 Å². The third kappa shape index (κ3) is 5.41. The number of nitrogens with zero attached hydrogens (tertiary/aromatic N) is 6. The van der Waals surface area contributed by atoms with E-state index < -0.39 is 7.14 Å². The van der Waals surface area contributed by atoms with Gasteiger partial charge >= 0.3 is 0 Å². The standard InChI is InChI=1S/C43H29N6OP/c50-51(35-19-11-4-12-20-35)39-27-32(22-24-37(39)49(34-17-9-3-10-18-34)38-25-26-44-29-40(38)51)36-23-21-33(28-45-36)43-47-41(30-13-5-1-6-14-30)46-42(48-43)31-15-7-2-8-16-31/h1-29H. The highest BCUT2D eigenvalue weighted by molar-refractivity contribution is 7.86. The van der Waals surface area contributed by atoms with Crippen LogP contribution in [0, 0.1) is 0 Å². The first-order valence-electron chi connectivity index (χ1n) is 16.6. The number of pyridine rings is 2. The molecule has 3 aromatic heterocycles. The molecule has 51 heavy (non-hydrogen) atoms. The molecule has 9 rings (SSSR count).